The fourth-order valence-electron chi connectivity index (χ4n) is 3.25. The number of nitrogens with zero attached hydrogens (tertiary/aromatic N) is 1. The highest BCUT2D eigenvalue weighted by Crippen LogP contribution is 2.20. The molecular weight excluding hydrogens is 328 g/mol. The molecule has 24 heavy (non-hydrogen) atoms. The van der Waals surface area contributed by atoms with Crippen LogP contribution in [-0.4, -0.2) is 51.6 Å². The van der Waals surface area contributed by atoms with Gasteiger partial charge in [0.1, 0.15) is 0 Å². The maximum atomic E-state index is 12.6. The van der Waals surface area contributed by atoms with Crippen LogP contribution < -0.4 is 4.72 Å². The van der Waals surface area contributed by atoms with Crippen LogP contribution in [0.4, 0.5) is 0 Å². The largest absolute Gasteiger partial charge is 0.378 e. The Kier molecular flexibility index (Phi) is 5.53. The average molecular weight is 352 g/mol. The summed E-state index contributed by atoms with van der Waals surface area (Å²) in [5.41, 5.74) is 0.406. The number of ether oxygens (including phenoxy) is 1. The molecule has 1 saturated carbocycles. The summed E-state index contributed by atoms with van der Waals surface area (Å²) in [6.07, 6.45) is 5.05. The standard InChI is InChI=1S/C17H24N2O4S/c20-17(19-9-11-23-12-10-19)14-5-4-8-16(13-14)24(21,22)18-15-6-2-1-3-7-15/h4-5,8,13,15,18H,1-3,6-7,9-12H2. The third-order valence-corrected chi connectivity index (χ3v) is 6.13. The van der Waals surface area contributed by atoms with Crippen LogP contribution in [0.5, 0.6) is 0 Å². The van der Waals surface area contributed by atoms with Gasteiger partial charge in [-0.2, -0.15) is 0 Å². The molecule has 1 N–H and O–H groups in total. The number of sulfonamides is 1. The van der Waals surface area contributed by atoms with Gasteiger partial charge in [0.05, 0.1) is 18.1 Å². The summed E-state index contributed by atoms with van der Waals surface area (Å²) in [4.78, 5) is 14.4. The van der Waals surface area contributed by atoms with E-state index in [1.165, 1.54) is 12.5 Å². The molecule has 0 atom stereocenters. The van der Waals surface area contributed by atoms with Gasteiger partial charge in [-0.25, -0.2) is 13.1 Å². The summed E-state index contributed by atoms with van der Waals surface area (Å²) < 4.78 is 33.2. The van der Waals surface area contributed by atoms with Crippen LogP contribution in [-0.2, 0) is 14.8 Å². The zero-order valence-electron chi connectivity index (χ0n) is 13.7. The van der Waals surface area contributed by atoms with Crippen LogP contribution in [0, 0.1) is 0 Å². The summed E-state index contributed by atoms with van der Waals surface area (Å²) in [6.45, 7) is 2.12. The van der Waals surface area contributed by atoms with Crippen LogP contribution in [0.2, 0.25) is 0 Å². The first-order chi connectivity index (χ1) is 11.6. The van der Waals surface area contributed by atoms with Crippen molar-refractivity contribution in [3.05, 3.63) is 29.8 Å². The second-order valence-corrected chi connectivity index (χ2v) is 8.10. The smallest absolute Gasteiger partial charge is 0.254 e. The summed E-state index contributed by atoms with van der Waals surface area (Å²) in [6, 6.07) is 6.31. The van der Waals surface area contributed by atoms with Gasteiger partial charge in [-0.3, -0.25) is 4.79 Å². The highest BCUT2D eigenvalue weighted by molar-refractivity contribution is 7.89. The van der Waals surface area contributed by atoms with E-state index in [2.05, 4.69) is 4.72 Å². The number of nitrogens with one attached hydrogen (secondary N) is 1. The molecule has 1 aliphatic carbocycles. The lowest BCUT2D eigenvalue weighted by molar-refractivity contribution is 0.0302. The monoisotopic (exact) mass is 352 g/mol. The van der Waals surface area contributed by atoms with E-state index in [9.17, 15) is 13.2 Å². The fraction of sp³-hybridized carbons (Fsp3) is 0.588. The van der Waals surface area contributed by atoms with E-state index in [1.54, 1.807) is 23.1 Å². The van der Waals surface area contributed by atoms with Crippen molar-refractivity contribution in [2.45, 2.75) is 43.0 Å². The van der Waals surface area contributed by atoms with Gasteiger partial charge in [0.2, 0.25) is 10.0 Å². The van der Waals surface area contributed by atoms with Gasteiger partial charge in [-0.15, -0.1) is 0 Å². The minimum Gasteiger partial charge on any atom is -0.378 e. The van der Waals surface area contributed by atoms with E-state index in [1.807, 2.05) is 0 Å². The quantitative estimate of drug-likeness (QED) is 0.896. The van der Waals surface area contributed by atoms with Crippen molar-refractivity contribution in [3.8, 4) is 0 Å². The molecule has 132 valence electrons. The van der Waals surface area contributed by atoms with E-state index in [0.29, 0.717) is 31.9 Å². The van der Waals surface area contributed by atoms with Crippen LogP contribution in [0.1, 0.15) is 42.5 Å². The van der Waals surface area contributed by atoms with Gasteiger partial charge in [0.25, 0.3) is 5.91 Å². The first-order valence-corrected chi connectivity index (χ1v) is 10.0. The molecule has 0 radical (unpaired) electrons. The predicted octanol–water partition coefficient (Wildman–Crippen LogP) is 1.77. The first kappa shape index (κ1) is 17.4. The molecule has 1 aromatic carbocycles. The molecule has 0 unspecified atom stereocenters. The molecule has 0 bridgehead atoms. The summed E-state index contributed by atoms with van der Waals surface area (Å²) in [7, 11) is -3.59. The summed E-state index contributed by atoms with van der Waals surface area (Å²) >= 11 is 0. The van der Waals surface area contributed by atoms with Crippen molar-refractivity contribution in [2.24, 2.45) is 0 Å². The van der Waals surface area contributed by atoms with Gasteiger partial charge in [-0.1, -0.05) is 25.3 Å². The molecule has 1 saturated heterocycles. The molecule has 7 heteroatoms. The molecule has 1 amide bonds. The molecule has 1 heterocycles. The molecule has 0 spiro atoms. The number of hydrogen-bond donors (Lipinski definition) is 1. The molecule has 2 aliphatic rings. The van der Waals surface area contributed by atoms with Gasteiger partial charge >= 0.3 is 0 Å². The van der Waals surface area contributed by atoms with E-state index >= 15 is 0 Å². The van der Waals surface area contributed by atoms with Gasteiger partial charge in [0, 0.05) is 24.7 Å². The highest BCUT2D eigenvalue weighted by Gasteiger charge is 2.24. The Morgan fingerprint density at radius 1 is 1.12 bits per heavy atom. The number of amides is 1. The molecule has 2 fully saturated rings. The molecule has 6 nitrogen and oxygen atoms in total. The summed E-state index contributed by atoms with van der Waals surface area (Å²) in [5.74, 6) is -0.145. The second kappa shape index (κ2) is 7.63. The third-order valence-electron chi connectivity index (χ3n) is 4.62. The Hall–Kier alpha value is -1.44. The van der Waals surface area contributed by atoms with Crippen LogP contribution >= 0.6 is 0 Å². The topological polar surface area (TPSA) is 75.7 Å². The average Bonchev–Trinajstić information content (AvgIpc) is 2.62. The fourth-order valence-corrected chi connectivity index (χ4v) is 4.60. The Morgan fingerprint density at radius 3 is 2.54 bits per heavy atom. The minimum atomic E-state index is -3.59. The van der Waals surface area contributed by atoms with E-state index in [0.717, 1.165) is 25.7 Å². The van der Waals surface area contributed by atoms with Crippen molar-refractivity contribution in [3.63, 3.8) is 0 Å². The number of carbonyl (C=O) groups is 1. The maximum Gasteiger partial charge on any atom is 0.254 e. The minimum absolute atomic E-state index is 0.00218. The van der Waals surface area contributed by atoms with E-state index in [-0.39, 0.29) is 16.8 Å². The molecule has 1 aromatic rings. The lowest BCUT2D eigenvalue weighted by Gasteiger charge is -2.27. The van der Waals surface area contributed by atoms with Crippen molar-refractivity contribution >= 4 is 15.9 Å². The lowest BCUT2D eigenvalue weighted by atomic mass is 9.96. The number of benzene rings is 1. The Bertz CT molecular complexity index is 678. The van der Waals surface area contributed by atoms with Crippen LogP contribution in [0.15, 0.2) is 29.2 Å². The third kappa shape index (κ3) is 4.15. The van der Waals surface area contributed by atoms with Crippen molar-refractivity contribution in [2.75, 3.05) is 26.3 Å². The molecular formula is C17H24N2O4S. The van der Waals surface area contributed by atoms with Gasteiger partial charge < -0.3 is 9.64 Å². The normalized spacial score (nSPS) is 20.1. The Balaban J connectivity index is 1.74. The van der Waals surface area contributed by atoms with E-state index in [4.69, 9.17) is 4.74 Å². The van der Waals surface area contributed by atoms with Crippen LogP contribution in [0.25, 0.3) is 0 Å². The van der Waals surface area contributed by atoms with Gasteiger partial charge in [-0.05, 0) is 31.0 Å². The second-order valence-electron chi connectivity index (χ2n) is 6.39. The lowest BCUT2D eigenvalue weighted by Crippen LogP contribution is -2.40. The Labute approximate surface area is 143 Å². The number of rotatable bonds is 4. The predicted molar refractivity (Wildman–Crippen MR) is 90.4 cm³/mol. The SMILES string of the molecule is O=C(c1cccc(S(=O)(=O)NC2CCCCC2)c1)N1CCOCC1. The molecule has 0 aromatic heterocycles. The van der Waals surface area contributed by atoms with Gasteiger partial charge in [0.15, 0.2) is 0 Å². The zero-order valence-corrected chi connectivity index (χ0v) is 14.6. The van der Waals surface area contributed by atoms with Crippen molar-refractivity contribution in [1.29, 1.82) is 0 Å². The Morgan fingerprint density at radius 2 is 1.83 bits per heavy atom. The van der Waals surface area contributed by atoms with Crippen molar-refractivity contribution in [1.82, 2.24) is 9.62 Å². The highest BCUT2D eigenvalue weighted by atomic mass is 32.2. The molecule has 1 aliphatic heterocycles. The maximum absolute atomic E-state index is 12.6. The zero-order chi connectivity index (χ0) is 17.0. The summed E-state index contributed by atoms with van der Waals surface area (Å²) in [5, 5.41) is 0. The number of morpholine rings is 1. The number of hydrogen-bond acceptors (Lipinski definition) is 4. The van der Waals surface area contributed by atoms with Crippen LogP contribution in [0.3, 0.4) is 0 Å². The first-order valence-electron chi connectivity index (χ1n) is 8.56. The number of carbonyl (C=O) groups excluding carboxylic acids is 1. The molecule has 3 rings (SSSR count). The van der Waals surface area contributed by atoms with Crippen molar-refractivity contribution < 1.29 is 17.9 Å². The van der Waals surface area contributed by atoms with E-state index < -0.39 is 10.0 Å².